The molecule has 1 amide bonds. The van der Waals surface area contributed by atoms with Gasteiger partial charge >= 0.3 is 0 Å². The molecular weight excluding hydrogens is 424 g/mol. The van der Waals surface area contributed by atoms with Gasteiger partial charge in [0.15, 0.2) is 5.69 Å². The van der Waals surface area contributed by atoms with E-state index < -0.39 is 0 Å². The number of nitrogens with zero attached hydrogens (tertiary/aromatic N) is 3. The highest BCUT2D eigenvalue weighted by atomic mass is 16.5. The first-order valence-corrected chi connectivity index (χ1v) is 12.5. The van der Waals surface area contributed by atoms with E-state index in [9.17, 15) is 4.79 Å². The van der Waals surface area contributed by atoms with E-state index in [1.165, 1.54) is 16.8 Å². The summed E-state index contributed by atoms with van der Waals surface area (Å²) in [5.74, 6) is 0.343. The molecule has 1 aromatic heterocycles. The minimum atomic E-state index is 0.0545. The Balaban J connectivity index is 1.34. The van der Waals surface area contributed by atoms with Crippen LogP contribution in [0.15, 0.2) is 60.7 Å². The lowest BCUT2D eigenvalue weighted by Gasteiger charge is -2.29. The summed E-state index contributed by atoms with van der Waals surface area (Å²) >= 11 is 0. The summed E-state index contributed by atoms with van der Waals surface area (Å²) in [6, 6.07) is 21.8. The van der Waals surface area contributed by atoms with Crippen molar-refractivity contribution in [3.05, 3.63) is 88.7 Å². The van der Waals surface area contributed by atoms with Crippen LogP contribution in [0.1, 0.15) is 52.1 Å². The summed E-state index contributed by atoms with van der Waals surface area (Å²) in [6.07, 6.45) is 2.85. The molecule has 5 rings (SSSR count). The van der Waals surface area contributed by atoms with Crippen LogP contribution in [0.2, 0.25) is 0 Å². The largest absolute Gasteiger partial charge is 0.378 e. The van der Waals surface area contributed by atoms with Gasteiger partial charge in [0.1, 0.15) is 0 Å². The van der Waals surface area contributed by atoms with Crippen molar-refractivity contribution in [2.45, 2.75) is 44.7 Å². The number of nitrogens with one attached hydrogen (secondary N) is 1. The summed E-state index contributed by atoms with van der Waals surface area (Å²) in [5, 5.41) is 8.62. The van der Waals surface area contributed by atoms with Gasteiger partial charge in [-0.05, 0) is 37.3 Å². The standard InChI is InChI=1S/C28H34N4O2/c1-2-32-26-14-13-23(19-24(26)27(30-32)28(33)31-15-17-34-18-16-31)29-20-25(21-9-5-3-6-10-21)22-11-7-4-8-12-22/h3-12,23,25,29H,2,13-20H2,1H3/t23-/m1/s1. The molecule has 0 radical (unpaired) electrons. The number of fused-ring (bicyclic) bond motifs is 1. The van der Waals surface area contributed by atoms with Crippen molar-refractivity contribution < 1.29 is 9.53 Å². The number of carbonyl (C=O) groups excluding carboxylic acids is 1. The summed E-state index contributed by atoms with van der Waals surface area (Å²) in [5.41, 5.74) is 5.66. The molecule has 1 atom stereocenters. The fraction of sp³-hybridized carbons (Fsp3) is 0.429. The average Bonchev–Trinajstić information content (AvgIpc) is 3.28. The van der Waals surface area contributed by atoms with Gasteiger partial charge in [0.05, 0.1) is 13.2 Å². The Morgan fingerprint density at radius 2 is 1.71 bits per heavy atom. The van der Waals surface area contributed by atoms with E-state index in [-0.39, 0.29) is 11.8 Å². The van der Waals surface area contributed by atoms with Crippen LogP contribution in [-0.4, -0.2) is 59.5 Å². The first kappa shape index (κ1) is 22.8. The summed E-state index contributed by atoms with van der Waals surface area (Å²) in [4.78, 5) is 15.2. The Labute approximate surface area is 201 Å². The molecule has 178 valence electrons. The zero-order chi connectivity index (χ0) is 23.3. The molecule has 0 unspecified atom stereocenters. The van der Waals surface area contributed by atoms with Crippen LogP contribution in [0.4, 0.5) is 0 Å². The van der Waals surface area contributed by atoms with Gasteiger partial charge in [0.2, 0.25) is 0 Å². The first-order valence-electron chi connectivity index (χ1n) is 12.5. The lowest BCUT2D eigenvalue weighted by molar-refractivity contribution is 0.0297. The quantitative estimate of drug-likeness (QED) is 0.587. The SMILES string of the molecule is CCn1nc(C(=O)N2CCOCC2)c2c1CC[C@@H](NCC(c1ccccc1)c1ccccc1)C2. The monoisotopic (exact) mass is 458 g/mol. The molecule has 0 spiro atoms. The highest BCUT2D eigenvalue weighted by Gasteiger charge is 2.31. The molecule has 3 aromatic rings. The second kappa shape index (κ2) is 10.5. The minimum Gasteiger partial charge on any atom is -0.378 e. The zero-order valence-corrected chi connectivity index (χ0v) is 20.0. The number of morpholine rings is 1. The Morgan fingerprint density at radius 1 is 1.06 bits per heavy atom. The van der Waals surface area contributed by atoms with E-state index in [0.29, 0.717) is 38.0 Å². The van der Waals surface area contributed by atoms with E-state index in [2.05, 4.69) is 72.9 Å². The molecule has 1 aliphatic heterocycles. The van der Waals surface area contributed by atoms with Gasteiger partial charge in [0, 0.05) is 49.4 Å². The Kier molecular flexibility index (Phi) is 7.07. The molecule has 1 saturated heterocycles. The Morgan fingerprint density at radius 3 is 2.32 bits per heavy atom. The van der Waals surface area contributed by atoms with Crippen LogP contribution < -0.4 is 5.32 Å². The summed E-state index contributed by atoms with van der Waals surface area (Å²) in [7, 11) is 0. The fourth-order valence-corrected chi connectivity index (χ4v) is 5.29. The highest BCUT2D eigenvalue weighted by Crippen LogP contribution is 2.28. The van der Waals surface area contributed by atoms with E-state index in [4.69, 9.17) is 9.84 Å². The number of rotatable bonds is 7. The highest BCUT2D eigenvalue weighted by molar-refractivity contribution is 5.94. The molecule has 6 heteroatoms. The third-order valence-corrected chi connectivity index (χ3v) is 7.16. The second-order valence-electron chi connectivity index (χ2n) is 9.22. The zero-order valence-electron chi connectivity index (χ0n) is 20.0. The molecule has 2 aromatic carbocycles. The third kappa shape index (κ3) is 4.79. The van der Waals surface area contributed by atoms with Crippen molar-refractivity contribution in [2.75, 3.05) is 32.8 Å². The number of aryl methyl sites for hydroxylation is 1. The van der Waals surface area contributed by atoms with Gasteiger partial charge in [-0.25, -0.2) is 0 Å². The Bertz CT molecular complexity index is 1050. The van der Waals surface area contributed by atoms with Crippen LogP contribution in [0.25, 0.3) is 0 Å². The predicted molar refractivity (Wildman–Crippen MR) is 133 cm³/mol. The van der Waals surface area contributed by atoms with Crippen LogP contribution >= 0.6 is 0 Å². The maximum Gasteiger partial charge on any atom is 0.274 e. The number of benzene rings is 2. The van der Waals surface area contributed by atoms with E-state index >= 15 is 0 Å². The van der Waals surface area contributed by atoms with Crippen molar-refractivity contribution in [1.82, 2.24) is 20.0 Å². The van der Waals surface area contributed by atoms with E-state index in [0.717, 1.165) is 37.9 Å². The number of ether oxygens (including phenoxy) is 1. The van der Waals surface area contributed by atoms with Crippen molar-refractivity contribution in [1.29, 1.82) is 0 Å². The van der Waals surface area contributed by atoms with Gasteiger partial charge in [0.25, 0.3) is 5.91 Å². The predicted octanol–water partition coefficient (Wildman–Crippen LogP) is 3.65. The molecule has 1 aliphatic carbocycles. The number of carbonyl (C=O) groups is 1. The number of aromatic nitrogens is 2. The fourth-order valence-electron chi connectivity index (χ4n) is 5.29. The van der Waals surface area contributed by atoms with Gasteiger partial charge in [-0.2, -0.15) is 5.10 Å². The van der Waals surface area contributed by atoms with Crippen LogP contribution in [-0.2, 0) is 24.1 Å². The first-order chi connectivity index (χ1) is 16.7. The van der Waals surface area contributed by atoms with Gasteiger partial charge < -0.3 is 15.0 Å². The van der Waals surface area contributed by atoms with Crippen molar-refractivity contribution in [3.8, 4) is 0 Å². The smallest absolute Gasteiger partial charge is 0.274 e. The van der Waals surface area contributed by atoms with Gasteiger partial charge in [-0.15, -0.1) is 0 Å². The lowest BCUT2D eigenvalue weighted by atomic mass is 9.88. The molecule has 2 heterocycles. The molecule has 0 saturated carbocycles. The van der Waals surface area contributed by atoms with Crippen LogP contribution in [0.5, 0.6) is 0 Å². The number of hydrogen-bond acceptors (Lipinski definition) is 4. The van der Waals surface area contributed by atoms with E-state index in [1.54, 1.807) is 0 Å². The molecule has 34 heavy (non-hydrogen) atoms. The maximum atomic E-state index is 13.3. The molecular formula is C28H34N4O2. The Hall–Kier alpha value is -2.96. The molecule has 6 nitrogen and oxygen atoms in total. The normalized spacial score (nSPS) is 18.2. The molecule has 0 bridgehead atoms. The van der Waals surface area contributed by atoms with Crippen LogP contribution in [0, 0.1) is 0 Å². The molecule has 2 aliphatic rings. The van der Waals surface area contributed by atoms with Crippen LogP contribution in [0.3, 0.4) is 0 Å². The van der Waals surface area contributed by atoms with Crippen molar-refractivity contribution >= 4 is 5.91 Å². The van der Waals surface area contributed by atoms with Crippen molar-refractivity contribution in [3.63, 3.8) is 0 Å². The second-order valence-corrected chi connectivity index (χ2v) is 9.22. The van der Waals surface area contributed by atoms with Gasteiger partial charge in [-0.1, -0.05) is 60.7 Å². The summed E-state index contributed by atoms with van der Waals surface area (Å²) in [6.45, 7) is 6.25. The topological polar surface area (TPSA) is 59.4 Å². The minimum absolute atomic E-state index is 0.0545. The summed E-state index contributed by atoms with van der Waals surface area (Å²) < 4.78 is 7.48. The number of hydrogen-bond donors (Lipinski definition) is 1. The third-order valence-electron chi connectivity index (χ3n) is 7.16. The van der Waals surface area contributed by atoms with Crippen molar-refractivity contribution in [2.24, 2.45) is 0 Å². The molecule has 1 fully saturated rings. The molecule has 1 N–H and O–H groups in total. The van der Waals surface area contributed by atoms with E-state index in [1.807, 2.05) is 9.58 Å². The number of amides is 1. The average molecular weight is 459 g/mol. The lowest BCUT2D eigenvalue weighted by Crippen LogP contribution is -2.42. The maximum absolute atomic E-state index is 13.3. The van der Waals surface area contributed by atoms with Gasteiger partial charge in [-0.3, -0.25) is 9.48 Å².